The third kappa shape index (κ3) is 8.51. The van der Waals surface area contributed by atoms with Crippen molar-refractivity contribution in [2.75, 3.05) is 0 Å². The van der Waals surface area contributed by atoms with Crippen LogP contribution in [0.15, 0.2) is 24.3 Å². The molecule has 2 nitrogen and oxygen atoms in total. The topological polar surface area (TPSA) is 43.1 Å². The third-order valence-electron chi connectivity index (χ3n) is 1.23. The summed E-state index contributed by atoms with van der Waals surface area (Å²) < 4.78 is 0. The van der Waals surface area contributed by atoms with Crippen LogP contribution in [0.5, 0.6) is 0 Å². The van der Waals surface area contributed by atoms with E-state index < -0.39 is 0 Å². The molecule has 0 fully saturated rings. The molecule has 0 atom stereocenters. The summed E-state index contributed by atoms with van der Waals surface area (Å²) in [4.78, 5) is 10.3. The summed E-state index contributed by atoms with van der Waals surface area (Å²) in [6, 6.07) is 0. The second kappa shape index (κ2) is 7.62. The van der Waals surface area contributed by atoms with Crippen molar-refractivity contribution in [1.82, 2.24) is 0 Å². The highest BCUT2D eigenvalue weighted by molar-refractivity contribution is 5.73. The van der Waals surface area contributed by atoms with Crippen LogP contribution in [-0.2, 0) is 4.79 Å². The molecule has 0 aliphatic carbocycles. The molecule has 0 saturated carbocycles. The molecule has 12 heavy (non-hydrogen) atoms. The lowest BCUT2D eigenvalue weighted by Gasteiger charge is -1.89. The fourth-order valence-electron chi connectivity index (χ4n) is 0.680. The highest BCUT2D eigenvalue weighted by Gasteiger charge is 1.89. The number of unbranched alkanes of at least 4 members (excludes halogenated alkanes) is 1. The van der Waals surface area contributed by atoms with Crippen molar-refractivity contribution in [2.45, 2.75) is 19.3 Å². The smallest absolute Gasteiger partial charge is 0.217 e. The van der Waals surface area contributed by atoms with Gasteiger partial charge in [-0.05, 0) is 18.9 Å². The Morgan fingerprint density at radius 3 is 2.83 bits per heavy atom. The first-order valence-electron chi connectivity index (χ1n) is 3.83. The van der Waals surface area contributed by atoms with Gasteiger partial charge in [0.15, 0.2) is 0 Å². The van der Waals surface area contributed by atoms with Crippen molar-refractivity contribution in [3.63, 3.8) is 0 Å². The van der Waals surface area contributed by atoms with E-state index in [1.165, 1.54) is 0 Å². The Hall–Kier alpha value is -1.49. The quantitative estimate of drug-likeness (QED) is 0.371. The Morgan fingerprint density at radius 1 is 1.50 bits per heavy atom. The molecule has 0 aromatic carbocycles. The van der Waals surface area contributed by atoms with Crippen molar-refractivity contribution in [3.05, 3.63) is 24.3 Å². The van der Waals surface area contributed by atoms with Crippen LogP contribution in [0.2, 0.25) is 0 Å². The maximum absolute atomic E-state index is 10.3. The molecule has 0 heterocycles. The molecular weight excluding hydrogens is 150 g/mol. The minimum absolute atomic E-state index is 0.248. The number of nitrogens with two attached hydrogens (primary N) is 1. The second-order valence-corrected chi connectivity index (χ2v) is 2.31. The first-order valence-corrected chi connectivity index (χ1v) is 3.83. The molecule has 0 bridgehead atoms. The number of rotatable bonds is 5. The predicted octanol–water partition coefficient (Wildman–Crippen LogP) is 1.39. The number of hydrogen-bond acceptors (Lipinski definition) is 1. The highest BCUT2D eigenvalue weighted by atomic mass is 16.1. The fraction of sp³-hybridized carbons (Fsp3) is 0.300. The minimum atomic E-state index is -0.248. The van der Waals surface area contributed by atoms with Crippen LogP contribution in [-0.4, -0.2) is 5.91 Å². The maximum Gasteiger partial charge on any atom is 0.217 e. The Kier molecular flexibility index (Phi) is 6.67. The van der Waals surface area contributed by atoms with E-state index in [1.54, 1.807) is 12.2 Å². The molecular formula is C10H13NO. The van der Waals surface area contributed by atoms with Crippen LogP contribution >= 0.6 is 0 Å². The number of carbonyl (C=O) groups excluding carboxylic acids is 1. The lowest BCUT2D eigenvalue weighted by atomic mass is 10.2. The summed E-state index contributed by atoms with van der Waals surface area (Å²) in [5, 5.41) is 0. The van der Waals surface area contributed by atoms with Gasteiger partial charge in [-0.1, -0.05) is 24.1 Å². The van der Waals surface area contributed by atoms with Crippen molar-refractivity contribution in [3.8, 4) is 12.3 Å². The van der Waals surface area contributed by atoms with Crippen LogP contribution in [0.1, 0.15) is 19.3 Å². The maximum atomic E-state index is 10.3. The Balaban J connectivity index is 3.32. The molecule has 0 unspecified atom stereocenters. The zero-order valence-electron chi connectivity index (χ0n) is 6.99. The van der Waals surface area contributed by atoms with E-state index in [9.17, 15) is 4.79 Å². The van der Waals surface area contributed by atoms with Gasteiger partial charge in [-0.3, -0.25) is 4.79 Å². The number of hydrogen-bond donors (Lipinski definition) is 1. The number of carbonyl (C=O) groups is 1. The van der Waals surface area contributed by atoms with Gasteiger partial charge in [-0.25, -0.2) is 0 Å². The molecule has 0 aliphatic heterocycles. The van der Waals surface area contributed by atoms with Crippen molar-refractivity contribution in [1.29, 1.82) is 0 Å². The Bertz CT molecular complexity index is 220. The number of allylic oxidation sites excluding steroid dienone is 4. The molecule has 64 valence electrons. The summed E-state index contributed by atoms with van der Waals surface area (Å²) >= 11 is 0. The molecule has 0 spiro atoms. The SMILES string of the molecule is C#C/C=C\C=C/CCCC(N)=O. The van der Waals surface area contributed by atoms with E-state index in [0.717, 1.165) is 12.8 Å². The zero-order valence-corrected chi connectivity index (χ0v) is 6.99. The summed E-state index contributed by atoms with van der Waals surface area (Å²) in [6.07, 6.45) is 14.3. The first kappa shape index (κ1) is 10.5. The van der Waals surface area contributed by atoms with Gasteiger partial charge in [0.05, 0.1) is 0 Å². The van der Waals surface area contributed by atoms with E-state index >= 15 is 0 Å². The second-order valence-electron chi connectivity index (χ2n) is 2.31. The zero-order chi connectivity index (χ0) is 9.23. The lowest BCUT2D eigenvalue weighted by molar-refractivity contribution is -0.118. The average molecular weight is 163 g/mol. The molecule has 2 N–H and O–H groups in total. The van der Waals surface area contributed by atoms with E-state index in [2.05, 4.69) is 5.92 Å². The van der Waals surface area contributed by atoms with Gasteiger partial charge in [0, 0.05) is 6.42 Å². The third-order valence-corrected chi connectivity index (χ3v) is 1.23. The highest BCUT2D eigenvalue weighted by Crippen LogP contribution is 1.95. The van der Waals surface area contributed by atoms with Gasteiger partial charge in [-0.2, -0.15) is 0 Å². The Labute approximate surface area is 73.1 Å². The fourth-order valence-corrected chi connectivity index (χ4v) is 0.680. The Morgan fingerprint density at radius 2 is 2.25 bits per heavy atom. The van der Waals surface area contributed by atoms with Crippen molar-refractivity contribution < 1.29 is 4.79 Å². The van der Waals surface area contributed by atoms with Gasteiger partial charge in [-0.15, -0.1) is 6.42 Å². The largest absolute Gasteiger partial charge is 0.370 e. The normalized spacial score (nSPS) is 10.6. The van der Waals surface area contributed by atoms with Crippen LogP contribution in [0.25, 0.3) is 0 Å². The molecule has 0 saturated heterocycles. The molecule has 0 aromatic heterocycles. The van der Waals surface area contributed by atoms with Crippen molar-refractivity contribution >= 4 is 5.91 Å². The van der Waals surface area contributed by atoms with Gasteiger partial charge in [0.25, 0.3) is 0 Å². The molecule has 2 heteroatoms. The van der Waals surface area contributed by atoms with E-state index in [1.807, 2.05) is 12.2 Å². The van der Waals surface area contributed by atoms with E-state index in [0.29, 0.717) is 6.42 Å². The van der Waals surface area contributed by atoms with Gasteiger partial charge >= 0.3 is 0 Å². The summed E-state index contributed by atoms with van der Waals surface area (Å²) in [6.45, 7) is 0. The molecule has 0 rings (SSSR count). The average Bonchev–Trinajstić information content (AvgIpc) is 2.02. The summed E-state index contributed by atoms with van der Waals surface area (Å²) in [5.41, 5.74) is 4.95. The monoisotopic (exact) mass is 163 g/mol. The van der Waals surface area contributed by atoms with Crippen molar-refractivity contribution in [2.24, 2.45) is 5.73 Å². The van der Waals surface area contributed by atoms with Crippen LogP contribution in [0.4, 0.5) is 0 Å². The molecule has 1 amide bonds. The number of terminal acetylenes is 1. The van der Waals surface area contributed by atoms with Crippen LogP contribution in [0, 0.1) is 12.3 Å². The van der Waals surface area contributed by atoms with E-state index in [-0.39, 0.29) is 5.91 Å². The first-order chi connectivity index (χ1) is 5.77. The van der Waals surface area contributed by atoms with Gasteiger partial charge in [0.2, 0.25) is 5.91 Å². The van der Waals surface area contributed by atoms with Gasteiger partial charge in [0.1, 0.15) is 0 Å². The van der Waals surface area contributed by atoms with E-state index in [4.69, 9.17) is 12.2 Å². The lowest BCUT2D eigenvalue weighted by Crippen LogP contribution is -2.09. The van der Waals surface area contributed by atoms with Crippen LogP contribution < -0.4 is 5.73 Å². The minimum Gasteiger partial charge on any atom is -0.370 e. The number of amides is 1. The summed E-state index contributed by atoms with van der Waals surface area (Å²) in [7, 11) is 0. The predicted molar refractivity (Wildman–Crippen MR) is 50.2 cm³/mol. The molecule has 0 aromatic rings. The van der Waals surface area contributed by atoms with Crippen LogP contribution in [0.3, 0.4) is 0 Å². The summed E-state index contributed by atoms with van der Waals surface area (Å²) in [5.74, 6) is 2.12. The number of primary amides is 1. The standard InChI is InChI=1S/C10H13NO/c1-2-3-4-5-6-7-8-9-10(11)12/h1,3-6H,7-9H2,(H2,11,12)/b4-3-,6-5-. The molecule has 0 aliphatic rings. The molecule has 0 radical (unpaired) electrons. The van der Waals surface area contributed by atoms with Gasteiger partial charge < -0.3 is 5.73 Å².